The third-order valence-electron chi connectivity index (χ3n) is 3.25. The van der Waals surface area contributed by atoms with Crippen molar-refractivity contribution in [3.05, 3.63) is 64.4 Å². The summed E-state index contributed by atoms with van der Waals surface area (Å²) in [5.74, 6) is -0.140. The summed E-state index contributed by atoms with van der Waals surface area (Å²) in [4.78, 5) is 16.4. The number of halogens is 2. The molecular weight excluding hydrogens is 321 g/mol. The van der Waals surface area contributed by atoms with Gasteiger partial charge in [-0.05, 0) is 36.2 Å². The first kappa shape index (κ1) is 18.4. The van der Waals surface area contributed by atoms with E-state index in [0.29, 0.717) is 22.8 Å². The number of rotatable bonds is 5. The zero-order valence-corrected chi connectivity index (χ0v) is 13.8. The number of benzene rings is 1. The standard InChI is InChI=1S/C16H18ClN3O.ClH/c1-2-15(11-4-3-5-13(17)8-11)20-16(21)12-6-7-19-14(9-12)10-18;/h3-9,15H,2,10,18H2,1H3,(H,20,21);1H. The molecule has 6 heteroatoms. The van der Waals surface area contributed by atoms with Gasteiger partial charge in [0, 0.05) is 23.3 Å². The summed E-state index contributed by atoms with van der Waals surface area (Å²) >= 11 is 6.00. The number of carbonyl (C=O) groups excluding carboxylic acids is 1. The Hall–Kier alpha value is -1.62. The second-order valence-electron chi connectivity index (χ2n) is 4.73. The van der Waals surface area contributed by atoms with Gasteiger partial charge in [0.25, 0.3) is 5.91 Å². The zero-order valence-electron chi connectivity index (χ0n) is 12.3. The van der Waals surface area contributed by atoms with E-state index in [9.17, 15) is 4.79 Å². The van der Waals surface area contributed by atoms with Crippen LogP contribution in [0, 0.1) is 0 Å². The van der Waals surface area contributed by atoms with E-state index in [0.717, 1.165) is 12.0 Å². The highest BCUT2D eigenvalue weighted by Crippen LogP contribution is 2.20. The predicted molar refractivity (Wildman–Crippen MR) is 91.3 cm³/mol. The number of hydrogen-bond donors (Lipinski definition) is 2. The molecule has 0 saturated heterocycles. The molecular formula is C16H19Cl2N3O. The summed E-state index contributed by atoms with van der Waals surface area (Å²) in [5, 5.41) is 3.67. The predicted octanol–water partition coefficient (Wildman–Crippen LogP) is 3.50. The lowest BCUT2D eigenvalue weighted by Gasteiger charge is -2.18. The number of hydrogen-bond acceptors (Lipinski definition) is 3. The molecule has 118 valence electrons. The molecule has 4 nitrogen and oxygen atoms in total. The number of carbonyl (C=O) groups is 1. The van der Waals surface area contributed by atoms with E-state index in [4.69, 9.17) is 17.3 Å². The molecule has 0 fully saturated rings. The van der Waals surface area contributed by atoms with Gasteiger partial charge in [0.05, 0.1) is 11.7 Å². The van der Waals surface area contributed by atoms with Crippen molar-refractivity contribution in [1.29, 1.82) is 0 Å². The zero-order chi connectivity index (χ0) is 15.2. The van der Waals surface area contributed by atoms with Crippen LogP contribution in [0.2, 0.25) is 5.02 Å². The molecule has 1 aromatic carbocycles. The fourth-order valence-corrected chi connectivity index (χ4v) is 2.32. The van der Waals surface area contributed by atoms with Crippen LogP contribution in [0.5, 0.6) is 0 Å². The van der Waals surface area contributed by atoms with E-state index in [1.807, 2.05) is 31.2 Å². The van der Waals surface area contributed by atoms with E-state index >= 15 is 0 Å². The SMILES string of the molecule is CCC(NC(=O)c1ccnc(CN)c1)c1cccc(Cl)c1.Cl. The molecule has 3 N–H and O–H groups in total. The molecule has 0 aliphatic rings. The lowest BCUT2D eigenvalue weighted by Crippen LogP contribution is -2.28. The van der Waals surface area contributed by atoms with Crippen LogP contribution in [0.1, 0.15) is 41.0 Å². The van der Waals surface area contributed by atoms with Crippen molar-refractivity contribution >= 4 is 29.9 Å². The van der Waals surface area contributed by atoms with Gasteiger partial charge in [-0.3, -0.25) is 9.78 Å². The van der Waals surface area contributed by atoms with Crippen molar-refractivity contribution in [2.75, 3.05) is 0 Å². The fourth-order valence-electron chi connectivity index (χ4n) is 2.12. The topological polar surface area (TPSA) is 68.0 Å². The molecule has 2 rings (SSSR count). The van der Waals surface area contributed by atoms with E-state index in [1.54, 1.807) is 18.3 Å². The highest BCUT2D eigenvalue weighted by Gasteiger charge is 2.14. The van der Waals surface area contributed by atoms with Gasteiger partial charge in [-0.25, -0.2) is 0 Å². The summed E-state index contributed by atoms with van der Waals surface area (Å²) < 4.78 is 0. The van der Waals surface area contributed by atoms with Crippen LogP contribution in [-0.4, -0.2) is 10.9 Å². The Morgan fingerprint density at radius 1 is 1.36 bits per heavy atom. The molecule has 1 aromatic heterocycles. The second kappa shape index (κ2) is 8.73. The van der Waals surface area contributed by atoms with Crippen molar-refractivity contribution in [3.63, 3.8) is 0 Å². The van der Waals surface area contributed by atoms with E-state index in [1.165, 1.54) is 0 Å². The molecule has 0 radical (unpaired) electrons. The minimum Gasteiger partial charge on any atom is -0.345 e. The van der Waals surface area contributed by atoms with Crippen LogP contribution in [-0.2, 0) is 6.54 Å². The number of nitrogens with zero attached hydrogens (tertiary/aromatic N) is 1. The van der Waals surface area contributed by atoms with Gasteiger partial charge < -0.3 is 11.1 Å². The maximum absolute atomic E-state index is 12.3. The van der Waals surface area contributed by atoms with Crippen LogP contribution in [0.25, 0.3) is 0 Å². The van der Waals surface area contributed by atoms with Gasteiger partial charge in [-0.2, -0.15) is 0 Å². The molecule has 1 atom stereocenters. The van der Waals surface area contributed by atoms with Gasteiger partial charge in [0.15, 0.2) is 0 Å². The molecule has 0 bridgehead atoms. The van der Waals surface area contributed by atoms with E-state index < -0.39 is 0 Å². The first-order valence-electron chi connectivity index (χ1n) is 6.85. The summed E-state index contributed by atoms with van der Waals surface area (Å²) in [7, 11) is 0. The maximum atomic E-state index is 12.3. The molecule has 22 heavy (non-hydrogen) atoms. The monoisotopic (exact) mass is 339 g/mol. The molecule has 0 spiro atoms. The number of aromatic nitrogens is 1. The minimum absolute atomic E-state index is 0. The van der Waals surface area contributed by atoms with Crippen molar-refractivity contribution < 1.29 is 4.79 Å². The van der Waals surface area contributed by atoms with Crippen LogP contribution >= 0.6 is 24.0 Å². The Balaban J connectivity index is 0.00000242. The minimum atomic E-state index is -0.140. The number of nitrogens with two attached hydrogens (primary N) is 1. The molecule has 1 amide bonds. The third-order valence-corrected chi connectivity index (χ3v) is 3.49. The van der Waals surface area contributed by atoms with Crippen molar-refractivity contribution in [3.8, 4) is 0 Å². The van der Waals surface area contributed by atoms with Crippen LogP contribution < -0.4 is 11.1 Å². The summed E-state index contributed by atoms with van der Waals surface area (Å²) in [6.45, 7) is 2.33. The lowest BCUT2D eigenvalue weighted by atomic mass is 10.0. The number of amides is 1. The van der Waals surface area contributed by atoms with Gasteiger partial charge in [-0.1, -0.05) is 30.7 Å². The average molecular weight is 340 g/mol. The highest BCUT2D eigenvalue weighted by molar-refractivity contribution is 6.30. The Bertz CT molecular complexity index is 634. The molecule has 1 heterocycles. The highest BCUT2D eigenvalue weighted by atomic mass is 35.5. The largest absolute Gasteiger partial charge is 0.345 e. The molecule has 1 unspecified atom stereocenters. The van der Waals surface area contributed by atoms with Gasteiger partial charge in [0.2, 0.25) is 0 Å². The van der Waals surface area contributed by atoms with E-state index in [2.05, 4.69) is 10.3 Å². The van der Waals surface area contributed by atoms with Crippen LogP contribution in [0.3, 0.4) is 0 Å². The first-order valence-corrected chi connectivity index (χ1v) is 7.23. The Kier molecular flexibility index (Phi) is 7.32. The van der Waals surface area contributed by atoms with Crippen LogP contribution in [0.4, 0.5) is 0 Å². The first-order chi connectivity index (χ1) is 10.1. The summed E-state index contributed by atoms with van der Waals surface area (Å²) in [5.41, 5.74) is 7.79. The molecule has 0 aliphatic heterocycles. The Morgan fingerprint density at radius 3 is 2.77 bits per heavy atom. The van der Waals surface area contributed by atoms with Crippen molar-refractivity contribution in [2.45, 2.75) is 25.9 Å². The molecule has 0 aliphatic carbocycles. The quantitative estimate of drug-likeness (QED) is 0.875. The number of pyridine rings is 1. The number of nitrogens with one attached hydrogen (secondary N) is 1. The lowest BCUT2D eigenvalue weighted by molar-refractivity contribution is 0.0935. The Morgan fingerprint density at radius 2 is 2.14 bits per heavy atom. The maximum Gasteiger partial charge on any atom is 0.251 e. The molecule has 2 aromatic rings. The van der Waals surface area contributed by atoms with Crippen LogP contribution in [0.15, 0.2) is 42.6 Å². The van der Waals surface area contributed by atoms with Gasteiger partial charge >= 0.3 is 0 Å². The summed E-state index contributed by atoms with van der Waals surface area (Å²) in [6, 6.07) is 10.8. The Labute approximate surface area is 141 Å². The van der Waals surface area contributed by atoms with Crippen molar-refractivity contribution in [2.24, 2.45) is 5.73 Å². The fraction of sp³-hybridized carbons (Fsp3) is 0.250. The smallest absolute Gasteiger partial charge is 0.251 e. The second-order valence-corrected chi connectivity index (χ2v) is 5.17. The van der Waals surface area contributed by atoms with Crippen molar-refractivity contribution in [1.82, 2.24) is 10.3 Å². The average Bonchev–Trinajstić information content (AvgIpc) is 2.52. The molecule has 0 saturated carbocycles. The van der Waals surface area contributed by atoms with Gasteiger partial charge in [0.1, 0.15) is 0 Å². The summed E-state index contributed by atoms with van der Waals surface area (Å²) in [6.07, 6.45) is 2.37. The van der Waals surface area contributed by atoms with E-state index in [-0.39, 0.29) is 24.4 Å². The third kappa shape index (κ3) is 4.70. The van der Waals surface area contributed by atoms with Gasteiger partial charge in [-0.15, -0.1) is 12.4 Å². The normalized spacial score (nSPS) is 11.4.